The second-order valence-electron chi connectivity index (χ2n) is 2.65. The molecule has 2 unspecified atom stereocenters. The second kappa shape index (κ2) is 6.15. The van der Waals surface area contributed by atoms with Crippen LogP contribution in [0.5, 0.6) is 0 Å². The molecular formula is C6H10Cl2F4OSi. The van der Waals surface area contributed by atoms with Gasteiger partial charge in [-0.25, -0.2) is 4.39 Å². The van der Waals surface area contributed by atoms with Gasteiger partial charge in [0.25, 0.3) is 6.36 Å². The molecule has 1 nitrogen and oxygen atoms in total. The zero-order valence-corrected chi connectivity index (χ0v) is 9.99. The Labute approximate surface area is 90.3 Å². The summed E-state index contributed by atoms with van der Waals surface area (Å²) in [5.74, 6) is 0. The van der Waals surface area contributed by atoms with Crippen LogP contribution in [0.4, 0.5) is 17.6 Å². The summed E-state index contributed by atoms with van der Waals surface area (Å²) in [5, 5.41) is 0. The molecule has 0 aliphatic heterocycles. The Kier molecular flexibility index (Phi) is 6.35. The fourth-order valence-corrected chi connectivity index (χ4v) is 2.80. The Morgan fingerprint density at radius 2 is 1.86 bits per heavy atom. The van der Waals surface area contributed by atoms with Gasteiger partial charge < -0.3 is 4.74 Å². The van der Waals surface area contributed by atoms with Gasteiger partial charge >= 0.3 is 6.18 Å². The molecular weight excluding hydrogens is 263 g/mol. The first-order chi connectivity index (χ1) is 6.27. The lowest BCUT2D eigenvalue weighted by Gasteiger charge is -2.20. The summed E-state index contributed by atoms with van der Waals surface area (Å²) in [6.45, 7) is 1.58. The summed E-state index contributed by atoms with van der Waals surface area (Å²) in [5.41, 5.74) is 0. The Bertz CT molecular complexity index is 166. The van der Waals surface area contributed by atoms with Crippen LogP contribution in [-0.2, 0) is 4.74 Å². The number of halogens is 6. The van der Waals surface area contributed by atoms with Crippen molar-refractivity contribution in [2.75, 3.05) is 0 Å². The smallest absolute Gasteiger partial charge is 0.338 e. The summed E-state index contributed by atoms with van der Waals surface area (Å²) < 4.78 is 51.7. The molecule has 0 spiro atoms. The lowest BCUT2D eigenvalue weighted by molar-refractivity contribution is -0.275. The van der Waals surface area contributed by atoms with Crippen LogP contribution in [0.25, 0.3) is 0 Å². The van der Waals surface area contributed by atoms with Crippen molar-refractivity contribution in [3.05, 3.63) is 0 Å². The van der Waals surface area contributed by atoms with Gasteiger partial charge in [-0.2, -0.15) is 35.3 Å². The molecule has 86 valence electrons. The molecule has 0 radical (unpaired) electrons. The third-order valence-corrected chi connectivity index (χ3v) is 3.42. The fraction of sp³-hybridized carbons (Fsp3) is 1.00. The number of hydrogen-bond acceptors (Lipinski definition) is 1. The van der Waals surface area contributed by atoms with Crippen LogP contribution in [0.15, 0.2) is 0 Å². The highest BCUT2D eigenvalue weighted by atomic mass is 35.7. The average Bonchev–Trinajstić information content (AvgIpc) is 2.00. The van der Waals surface area contributed by atoms with E-state index < -0.39 is 26.1 Å². The van der Waals surface area contributed by atoms with Gasteiger partial charge in [0.2, 0.25) is 7.42 Å². The number of rotatable bonds is 5. The first-order valence-electron chi connectivity index (χ1n) is 3.91. The van der Waals surface area contributed by atoms with Crippen LogP contribution in [0.3, 0.4) is 0 Å². The molecule has 14 heavy (non-hydrogen) atoms. The predicted octanol–water partition coefficient (Wildman–Crippen LogP) is 3.34. The Hall–Kier alpha value is 0.477. The maximum absolute atomic E-state index is 12.4. The molecule has 0 aliphatic carbocycles. The first kappa shape index (κ1) is 14.5. The summed E-state index contributed by atoms with van der Waals surface area (Å²) >= 11 is 10.9. The van der Waals surface area contributed by atoms with Crippen molar-refractivity contribution in [3.8, 4) is 0 Å². The zero-order valence-electron chi connectivity index (χ0n) is 7.32. The zero-order chi connectivity index (χ0) is 11.4. The van der Waals surface area contributed by atoms with E-state index in [1.54, 1.807) is 6.92 Å². The van der Waals surface area contributed by atoms with Crippen molar-refractivity contribution in [2.45, 2.75) is 38.0 Å². The molecule has 0 N–H and O–H groups in total. The van der Waals surface area contributed by atoms with Crippen LogP contribution in [0.2, 0.25) is 6.04 Å². The standard InChI is InChI=1S/C6H10Cl2F4OSi/c1-2-4(3-14(7)8)13-5(9)6(10,11)12/h4-5,14H,2-3H2,1H3. The minimum atomic E-state index is -4.98. The summed E-state index contributed by atoms with van der Waals surface area (Å²) in [4.78, 5) is 0. The normalized spacial score (nSPS) is 17.1. The van der Waals surface area contributed by atoms with Gasteiger partial charge in [-0.3, -0.25) is 0 Å². The van der Waals surface area contributed by atoms with E-state index in [0.717, 1.165) is 0 Å². The van der Waals surface area contributed by atoms with Crippen LogP contribution >= 0.6 is 22.2 Å². The quantitative estimate of drug-likeness (QED) is 0.424. The van der Waals surface area contributed by atoms with Crippen molar-refractivity contribution in [3.63, 3.8) is 0 Å². The number of alkyl halides is 4. The molecule has 0 heterocycles. The molecule has 0 saturated carbocycles. The SMILES string of the molecule is CCC(C[SiH](Cl)Cl)OC(F)C(F)(F)F. The van der Waals surface area contributed by atoms with E-state index in [2.05, 4.69) is 4.74 Å². The highest BCUT2D eigenvalue weighted by molar-refractivity contribution is 7.33. The van der Waals surface area contributed by atoms with Gasteiger partial charge in [-0.1, -0.05) is 6.92 Å². The van der Waals surface area contributed by atoms with Gasteiger partial charge in [0.1, 0.15) is 0 Å². The first-order valence-corrected chi connectivity index (χ1v) is 8.22. The molecule has 0 aromatic rings. The Balaban J connectivity index is 4.05. The van der Waals surface area contributed by atoms with Gasteiger partial charge in [-0.05, 0) is 12.5 Å². The highest BCUT2D eigenvalue weighted by Gasteiger charge is 2.42. The lowest BCUT2D eigenvalue weighted by Crippen LogP contribution is -2.32. The van der Waals surface area contributed by atoms with Gasteiger partial charge in [0, 0.05) is 0 Å². The van der Waals surface area contributed by atoms with E-state index in [1.165, 1.54) is 0 Å². The Morgan fingerprint density at radius 3 is 2.14 bits per heavy atom. The van der Waals surface area contributed by atoms with Crippen molar-refractivity contribution >= 4 is 29.6 Å². The summed E-state index contributed by atoms with van der Waals surface area (Å²) in [6, 6.07) is 0.107. The fourth-order valence-electron chi connectivity index (χ4n) is 0.763. The maximum atomic E-state index is 12.4. The maximum Gasteiger partial charge on any atom is 0.445 e. The van der Waals surface area contributed by atoms with E-state index in [1.807, 2.05) is 0 Å². The minimum absolute atomic E-state index is 0.107. The van der Waals surface area contributed by atoms with E-state index in [-0.39, 0.29) is 12.5 Å². The third-order valence-electron chi connectivity index (χ3n) is 1.47. The molecule has 0 fully saturated rings. The predicted molar refractivity (Wildman–Crippen MR) is 49.8 cm³/mol. The third kappa shape index (κ3) is 6.05. The molecule has 0 aromatic heterocycles. The van der Waals surface area contributed by atoms with E-state index in [0.29, 0.717) is 0 Å². The highest BCUT2D eigenvalue weighted by Crippen LogP contribution is 2.27. The van der Waals surface area contributed by atoms with Crippen molar-refractivity contribution in [1.82, 2.24) is 0 Å². The van der Waals surface area contributed by atoms with E-state index in [9.17, 15) is 17.6 Å². The van der Waals surface area contributed by atoms with Crippen LogP contribution in [0.1, 0.15) is 13.3 Å². The van der Waals surface area contributed by atoms with Crippen LogP contribution in [-0.4, -0.2) is 26.1 Å². The van der Waals surface area contributed by atoms with E-state index >= 15 is 0 Å². The van der Waals surface area contributed by atoms with Crippen molar-refractivity contribution in [1.29, 1.82) is 0 Å². The topological polar surface area (TPSA) is 9.23 Å². The molecule has 0 bridgehead atoms. The summed E-state index contributed by atoms with van der Waals surface area (Å²) in [6.07, 6.45) is -8.85. The number of ether oxygens (including phenoxy) is 1. The van der Waals surface area contributed by atoms with Crippen molar-refractivity contribution < 1.29 is 22.3 Å². The number of hydrogen-bond donors (Lipinski definition) is 0. The largest absolute Gasteiger partial charge is 0.445 e. The molecule has 0 rings (SSSR count). The van der Waals surface area contributed by atoms with Gasteiger partial charge in [0.15, 0.2) is 0 Å². The molecule has 8 heteroatoms. The van der Waals surface area contributed by atoms with Crippen molar-refractivity contribution in [2.24, 2.45) is 0 Å². The second-order valence-corrected chi connectivity index (χ2v) is 7.74. The summed E-state index contributed by atoms with van der Waals surface area (Å²) in [7, 11) is -2.07. The molecule has 0 aliphatic rings. The van der Waals surface area contributed by atoms with Gasteiger partial charge in [0.05, 0.1) is 6.10 Å². The van der Waals surface area contributed by atoms with Crippen LogP contribution in [0, 0.1) is 0 Å². The molecule has 2 atom stereocenters. The molecule has 0 amide bonds. The molecule has 0 aromatic carbocycles. The van der Waals surface area contributed by atoms with Gasteiger partial charge in [-0.15, -0.1) is 0 Å². The monoisotopic (exact) mass is 272 g/mol. The lowest BCUT2D eigenvalue weighted by atomic mass is 10.3. The van der Waals surface area contributed by atoms with Crippen LogP contribution < -0.4 is 0 Å². The minimum Gasteiger partial charge on any atom is -0.338 e. The average molecular weight is 273 g/mol. The van der Waals surface area contributed by atoms with E-state index in [4.69, 9.17) is 22.2 Å². The molecule has 0 saturated heterocycles. The Morgan fingerprint density at radius 1 is 1.36 bits per heavy atom.